The first kappa shape index (κ1) is 20.3. The summed E-state index contributed by atoms with van der Waals surface area (Å²) >= 11 is 0. The summed E-state index contributed by atoms with van der Waals surface area (Å²) in [7, 11) is 0. The van der Waals surface area contributed by atoms with Gasteiger partial charge in [0.05, 0.1) is 12.2 Å². The average molecular weight is 425 g/mol. The van der Waals surface area contributed by atoms with E-state index in [2.05, 4.69) is 5.32 Å². The fourth-order valence-electron chi connectivity index (χ4n) is 3.11. The Morgan fingerprint density at radius 2 is 1.81 bits per heavy atom. The number of amides is 1. The lowest BCUT2D eigenvalue weighted by Gasteiger charge is -2.18. The van der Waals surface area contributed by atoms with Crippen LogP contribution in [-0.4, -0.2) is 31.9 Å². The molecule has 0 spiro atoms. The molecule has 160 valence electrons. The topological polar surface area (TPSA) is 113 Å². The highest BCUT2D eigenvalue weighted by Gasteiger charge is 2.17. The number of nitrogens with one attached hydrogen (secondary N) is 1. The van der Waals surface area contributed by atoms with E-state index in [9.17, 15) is 14.4 Å². The van der Waals surface area contributed by atoms with E-state index in [0.717, 1.165) is 0 Å². The zero-order valence-electron chi connectivity index (χ0n) is 16.6. The highest BCUT2D eigenvalue weighted by atomic mass is 16.6. The van der Waals surface area contributed by atoms with Crippen molar-refractivity contribution in [2.45, 2.75) is 13.5 Å². The monoisotopic (exact) mass is 425 g/mol. The number of hydrogen-bond donors (Lipinski definition) is 1. The van der Waals surface area contributed by atoms with Crippen molar-refractivity contribution in [1.82, 2.24) is 0 Å². The van der Waals surface area contributed by atoms with E-state index in [1.807, 2.05) is 0 Å². The molecule has 0 unspecified atom stereocenters. The van der Waals surface area contributed by atoms with Gasteiger partial charge in [0, 0.05) is 28.8 Å². The summed E-state index contributed by atoms with van der Waals surface area (Å²) in [5, 5.41) is 3.11. The van der Waals surface area contributed by atoms with Gasteiger partial charge in [0.2, 0.25) is 0 Å². The first-order valence-corrected chi connectivity index (χ1v) is 9.61. The van der Waals surface area contributed by atoms with Crippen molar-refractivity contribution in [3.63, 3.8) is 0 Å². The number of rotatable bonds is 5. The summed E-state index contributed by atoms with van der Waals surface area (Å²) < 4.78 is 26.4. The van der Waals surface area contributed by atoms with Gasteiger partial charge in [0.15, 0.2) is 11.5 Å². The van der Waals surface area contributed by atoms with Crippen LogP contribution < -0.4 is 20.4 Å². The Labute approximate surface area is 176 Å². The number of esters is 1. The minimum absolute atomic E-state index is 0.139. The Balaban J connectivity index is 1.52. The summed E-state index contributed by atoms with van der Waals surface area (Å²) in [6, 6.07) is 10.8. The molecule has 0 aliphatic carbocycles. The van der Waals surface area contributed by atoms with Crippen LogP contribution in [0.3, 0.4) is 0 Å². The number of benzene rings is 2. The first-order chi connectivity index (χ1) is 15.0. The number of anilines is 1. The molecule has 3 aromatic rings. The molecule has 0 bridgehead atoms. The molecule has 1 N–H and O–H groups in total. The molecular formula is C22H19NO8. The smallest absolute Gasteiger partial charge is 0.411 e. The Bertz CT molecular complexity index is 1200. The Hall–Kier alpha value is -4.01. The summed E-state index contributed by atoms with van der Waals surface area (Å²) in [6.45, 7) is 2.65. The molecule has 4 rings (SSSR count). The van der Waals surface area contributed by atoms with Gasteiger partial charge in [-0.05, 0) is 37.3 Å². The lowest BCUT2D eigenvalue weighted by molar-refractivity contribution is 0.0472. The van der Waals surface area contributed by atoms with Crippen molar-refractivity contribution < 1.29 is 33.0 Å². The third kappa shape index (κ3) is 4.61. The molecule has 31 heavy (non-hydrogen) atoms. The number of ether oxygens (including phenoxy) is 4. The molecule has 9 heteroatoms. The average Bonchev–Trinajstić information content (AvgIpc) is 2.76. The van der Waals surface area contributed by atoms with Crippen molar-refractivity contribution in [2.24, 2.45) is 0 Å². The quantitative estimate of drug-likeness (QED) is 0.488. The van der Waals surface area contributed by atoms with E-state index in [-0.39, 0.29) is 18.8 Å². The van der Waals surface area contributed by atoms with Crippen molar-refractivity contribution in [2.75, 3.05) is 25.1 Å². The molecule has 0 saturated carbocycles. The summed E-state index contributed by atoms with van der Waals surface area (Å²) in [5.41, 5.74) is 0.815. The van der Waals surface area contributed by atoms with Crippen LogP contribution in [0.4, 0.5) is 10.5 Å². The molecule has 9 nitrogen and oxygen atoms in total. The zero-order valence-corrected chi connectivity index (χ0v) is 16.6. The van der Waals surface area contributed by atoms with E-state index in [0.29, 0.717) is 46.9 Å². The highest BCUT2D eigenvalue weighted by molar-refractivity contribution is 5.91. The van der Waals surface area contributed by atoms with Gasteiger partial charge in [-0.2, -0.15) is 0 Å². The van der Waals surface area contributed by atoms with Gasteiger partial charge in [0.25, 0.3) is 0 Å². The number of fused-ring (bicyclic) bond motifs is 2. The lowest BCUT2D eigenvalue weighted by atomic mass is 10.1. The maximum atomic E-state index is 12.5. The molecule has 2 aromatic carbocycles. The minimum atomic E-state index is -0.617. The second kappa shape index (κ2) is 8.78. The second-order valence-electron chi connectivity index (χ2n) is 6.58. The lowest BCUT2D eigenvalue weighted by Crippen LogP contribution is -2.16. The summed E-state index contributed by atoms with van der Waals surface area (Å²) in [5.74, 6) is 0.480. The van der Waals surface area contributed by atoms with E-state index in [4.69, 9.17) is 23.4 Å². The van der Waals surface area contributed by atoms with E-state index >= 15 is 0 Å². The SMILES string of the molecule is CCOC(=O)Nc1ccc2c(COC(=O)c3ccc4c(c3)OCCO4)cc(=O)oc2c1. The largest absolute Gasteiger partial charge is 0.486 e. The van der Waals surface area contributed by atoms with Crippen molar-refractivity contribution in [1.29, 1.82) is 0 Å². The van der Waals surface area contributed by atoms with Crippen LogP contribution in [-0.2, 0) is 16.1 Å². The van der Waals surface area contributed by atoms with Crippen LogP contribution in [0.1, 0.15) is 22.8 Å². The van der Waals surface area contributed by atoms with Gasteiger partial charge in [-0.25, -0.2) is 14.4 Å². The maximum absolute atomic E-state index is 12.5. The normalized spacial score (nSPS) is 12.3. The maximum Gasteiger partial charge on any atom is 0.411 e. The van der Waals surface area contributed by atoms with Crippen LogP contribution in [0.25, 0.3) is 11.0 Å². The third-order valence-corrected chi connectivity index (χ3v) is 4.49. The van der Waals surface area contributed by atoms with Crippen LogP contribution in [0.5, 0.6) is 11.5 Å². The predicted octanol–water partition coefficient (Wildman–Crippen LogP) is 3.49. The van der Waals surface area contributed by atoms with Crippen LogP contribution >= 0.6 is 0 Å². The van der Waals surface area contributed by atoms with Crippen LogP contribution in [0, 0.1) is 0 Å². The Morgan fingerprint density at radius 3 is 2.61 bits per heavy atom. The fourth-order valence-corrected chi connectivity index (χ4v) is 3.11. The van der Waals surface area contributed by atoms with Gasteiger partial charge in [-0.3, -0.25) is 5.32 Å². The van der Waals surface area contributed by atoms with E-state index in [1.165, 1.54) is 12.1 Å². The number of carbonyl (C=O) groups excluding carboxylic acids is 2. The summed E-state index contributed by atoms with van der Waals surface area (Å²) in [4.78, 5) is 36.0. The number of hydrogen-bond acceptors (Lipinski definition) is 8. The third-order valence-electron chi connectivity index (χ3n) is 4.49. The molecule has 0 saturated heterocycles. The van der Waals surface area contributed by atoms with Gasteiger partial charge in [0.1, 0.15) is 25.4 Å². The molecule has 1 aliphatic heterocycles. The molecule has 1 aliphatic rings. The number of carbonyl (C=O) groups is 2. The summed E-state index contributed by atoms with van der Waals surface area (Å²) in [6.07, 6.45) is -0.617. The first-order valence-electron chi connectivity index (χ1n) is 9.61. The molecule has 0 atom stereocenters. The standard InChI is InChI=1S/C22H19NO8/c1-2-27-22(26)23-15-4-5-16-14(10-20(24)31-18(16)11-15)12-30-21(25)13-3-6-17-19(9-13)29-8-7-28-17/h3-6,9-11H,2,7-8,12H2,1H3,(H,23,26). The molecule has 0 radical (unpaired) electrons. The fraction of sp³-hybridized carbons (Fsp3) is 0.227. The molecule has 1 amide bonds. The van der Waals surface area contributed by atoms with Crippen LogP contribution in [0.15, 0.2) is 51.7 Å². The molecule has 0 fully saturated rings. The van der Waals surface area contributed by atoms with Gasteiger partial charge in [-0.15, -0.1) is 0 Å². The predicted molar refractivity (Wildman–Crippen MR) is 110 cm³/mol. The van der Waals surface area contributed by atoms with Gasteiger partial charge in [-0.1, -0.05) is 0 Å². The van der Waals surface area contributed by atoms with Crippen LogP contribution in [0.2, 0.25) is 0 Å². The van der Waals surface area contributed by atoms with Crippen molar-refractivity contribution in [3.05, 3.63) is 64.0 Å². The highest BCUT2D eigenvalue weighted by Crippen LogP contribution is 2.31. The minimum Gasteiger partial charge on any atom is -0.486 e. The van der Waals surface area contributed by atoms with Crippen molar-refractivity contribution in [3.8, 4) is 11.5 Å². The Morgan fingerprint density at radius 1 is 1.00 bits per heavy atom. The van der Waals surface area contributed by atoms with E-state index in [1.54, 1.807) is 37.3 Å². The second-order valence-corrected chi connectivity index (χ2v) is 6.58. The Kier molecular flexibility index (Phi) is 5.74. The molecular weight excluding hydrogens is 406 g/mol. The molecule has 2 heterocycles. The van der Waals surface area contributed by atoms with Crippen molar-refractivity contribution >= 4 is 28.7 Å². The van der Waals surface area contributed by atoms with Gasteiger partial charge >= 0.3 is 17.7 Å². The van der Waals surface area contributed by atoms with Gasteiger partial charge < -0.3 is 23.4 Å². The van der Waals surface area contributed by atoms with E-state index < -0.39 is 17.7 Å². The zero-order chi connectivity index (χ0) is 21.8. The molecule has 1 aromatic heterocycles.